The Balaban J connectivity index is 1.66. The Labute approximate surface area is 131 Å². The Hall–Kier alpha value is -1.43. The van der Waals surface area contributed by atoms with Crippen molar-refractivity contribution in [2.24, 2.45) is 7.05 Å². The first-order valence-electron chi connectivity index (χ1n) is 8.19. The fourth-order valence-corrected chi connectivity index (χ4v) is 4.00. The number of rotatable bonds is 4. The SMILES string of the molecule is Cn1cncc1CN1CCC[C@@]2(CCC(=O)N2CCF)CC1. The topological polar surface area (TPSA) is 41.4 Å². The van der Waals surface area contributed by atoms with Gasteiger partial charge in [0.1, 0.15) is 6.67 Å². The summed E-state index contributed by atoms with van der Waals surface area (Å²) >= 11 is 0. The van der Waals surface area contributed by atoms with Crippen LogP contribution in [0.25, 0.3) is 0 Å². The summed E-state index contributed by atoms with van der Waals surface area (Å²) in [7, 11) is 2.01. The third kappa shape index (κ3) is 2.89. The van der Waals surface area contributed by atoms with Crippen LogP contribution in [0.4, 0.5) is 4.39 Å². The van der Waals surface area contributed by atoms with E-state index in [1.165, 1.54) is 5.69 Å². The molecule has 2 fully saturated rings. The van der Waals surface area contributed by atoms with Crippen LogP contribution in [0.1, 0.15) is 37.8 Å². The van der Waals surface area contributed by atoms with Gasteiger partial charge in [-0.1, -0.05) is 0 Å². The van der Waals surface area contributed by atoms with Crippen LogP contribution in [0.3, 0.4) is 0 Å². The van der Waals surface area contributed by atoms with Crippen LogP contribution >= 0.6 is 0 Å². The van der Waals surface area contributed by atoms with Gasteiger partial charge in [-0.2, -0.15) is 0 Å². The highest BCUT2D eigenvalue weighted by Crippen LogP contribution is 2.39. The van der Waals surface area contributed by atoms with Crippen molar-refractivity contribution in [3.8, 4) is 0 Å². The zero-order valence-corrected chi connectivity index (χ0v) is 13.3. The first-order chi connectivity index (χ1) is 10.6. The van der Waals surface area contributed by atoms with Crippen molar-refractivity contribution in [3.63, 3.8) is 0 Å². The van der Waals surface area contributed by atoms with E-state index in [0.29, 0.717) is 6.42 Å². The number of hydrogen-bond donors (Lipinski definition) is 0. The van der Waals surface area contributed by atoms with Gasteiger partial charge >= 0.3 is 0 Å². The fourth-order valence-electron chi connectivity index (χ4n) is 4.00. The van der Waals surface area contributed by atoms with Gasteiger partial charge in [0.2, 0.25) is 5.91 Å². The van der Waals surface area contributed by atoms with Crippen molar-refractivity contribution in [1.82, 2.24) is 19.4 Å². The van der Waals surface area contributed by atoms with Crippen LogP contribution < -0.4 is 0 Å². The maximum Gasteiger partial charge on any atom is 0.223 e. The third-order valence-electron chi connectivity index (χ3n) is 5.30. The largest absolute Gasteiger partial charge is 0.337 e. The maximum absolute atomic E-state index is 12.8. The minimum atomic E-state index is -0.438. The number of aryl methyl sites for hydroxylation is 1. The molecule has 22 heavy (non-hydrogen) atoms. The molecule has 3 heterocycles. The van der Waals surface area contributed by atoms with Crippen LogP contribution in [0.2, 0.25) is 0 Å². The number of amides is 1. The monoisotopic (exact) mass is 308 g/mol. The second-order valence-electron chi connectivity index (χ2n) is 6.58. The molecule has 0 aromatic carbocycles. The number of carbonyl (C=O) groups excluding carboxylic acids is 1. The number of halogens is 1. The molecule has 1 aromatic rings. The number of likely N-dealkylation sites (tertiary alicyclic amines) is 2. The summed E-state index contributed by atoms with van der Waals surface area (Å²) in [5, 5.41) is 0. The van der Waals surface area contributed by atoms with Gasteiger partial charge in [0.25, 0.3) is 0 Å². The summed E-state index contributed by atoms with van der Waals surface area (Å²) in [6, 6.07) is 0. The van der Waals surface area contributed by atoms with Gasteiger partial charge in [0.05, 0.1) is 12.0 Å². The Kier molecular flexibility index (Phi) is 4.47. The summed E-state index contributed by atoms with van der Waals surface area (Å²) < 4.78 is 14.9. The predicted molar refractivity (Wildman–Crippen MR) is 82.0 cm³/mol. The second-order valence-corrected chi connectivity index (χ2v) is 6.58. The van der Waals surface area contributed by atoms with Gasteiger partial charge in [-0.05, 0) is 32.2 Å². The Morgan fingerprint density at radius 1 is 1.32 bits per heavy atom. The van der Waals surface area contributed by atoms with Gasteiger partial charge in [0, 0.05) is 44.8 Å². The van der Waals surface area contributed by atoms with Gasteiger partial charge in [-0.3, -0.25) is 9.69 Å². The van der Waals surface area contributed by atoms with Crippen LogP contribution in [-0.2, 0) is 18.4 Å². The molecule has 0 aliphatic carbocycles. The smallest absolute Gasteiger partial charge is 0.223 e. The average Bonchev–Trinajstić information content (AvgIpc) is 2.95. The van der Waals surface area contributed by atoms with E-state index < -0.39 is 6.67 Å². The molecule has 122 valence electrons. The molecule has 1 atom stereocenters. The zero-order chi connectivity index (χ0) is 15.6. The Morgan fingerprint density at radius 3 is 2.91 bits per heavy atom. The minimum Gasteiger partial charge on any atom is -0.337 e. The lowest BCUT2D eigenvalue weighted by Crippen LogP contribution is -2.47. The van der Waals surface area contributed by atoms with Crippen molar-refractivity contribution in [1.29, 1.82) is 0 Å². The van der Waals surface area contributed by atoms with E-state index >= 15 is 0 Å². The molecule has 5 nitrogen and oxygen atoms in total. The summed E-state index contributed by atoms with van der Waals surface area (Å²) in [4.78, 5) is 20.5. The molecule has 0 unspecified atom stereocenters. The Morgan fingerprint density at radius 2 is 2.18 bits per heavy atom. The standard InChI is InChI=1S/C16H25FN4O/c1-19-13-18-11-14(19)12-20-8-2-4-16(6-9-20)5-3-15(22)21(16)10-7-17/h11,13H,2-10,12H2,1H3/t16-/m1/s1. The molecule has 1 spiro atoms. The number of hydrogen-bond acceptors (Lipinski definition) is 3. The predicted octanol–water partition coefficient (Wildman–Crippen LogP) is 1.74. The lowest BCUT2D eigenvalue weighted by Gasteiger charge is -2.37. The third-order valence-corrected chi connectivity index (χ3v) is 5.30. The summed E-state index contributed by atoms with van der Waals surface area (Å²) in [5.74, 6) is 0.137. The Bertz CT molecular complexity index is 532. The van der Waals surface area contributed by atoms with Crippen molar-refractivity contribution < 1.29 is 9.18 Å². The molecule has 0 radical (unpaired) electrons. The molecule has 2 aliphatic rings. The lowest BCUT2D eigenvalue weighted by atomic mass is 9.88. The first-order valence-corrected chi connectivity index (χ1v) is 8.19. The van der Waals surface area contributed by atoms with Crippen molar-refractivity contribution >= 4 is 5.91 Å². The summed E-state index contributed by atoms with van der Waals surface area (Å²) in [6.45, 7) is 2.71. The quantitative estimate of drug-likeness (QED) is 0.851. The molecule has 0 saturated carbocycles. The van der Waals surface area contributed by atoms with E-state index in [-0.39, 0.29) is 18.0 Å². The number of alkyl halides is 1. The van der Waals surface area contributed by atoms with Crippen molar-refractivity contribution in [3.05, 3.63) is 18.2 Å². The number of aromatic nitrogens is 2. The minimum absolute atomic E-state index is 0.0929. The molecule has 6 heteroatoms. The molecule has 2 saturated heterocycles. The molecular formula is C16H25FN4O. The first kappa shape index (κ1) is 15.5. The second kappa shape index (κ2) is 6.36. The van der Waals surface area contributed by atoms with E-state index in [1.54, 1.807) is 0 Å². The molecule has 2 aliphatic heterocycles. The van der Waals surface area contributed by atoms with E-state index in [4.69, 9.17) is 0 Å². The highest BCUT2D eigenvalue weighted by Gasteiger charge is 2.45. The fraction of sp³-hybridized carbons (Fsp3) is 0.750. The number of imidazole rings is 1. The van der Waals surface area contributed by atoms with Gasteiger partial charge in [0.15, 0.2) is 0 Å². The lowest BCUT2D eigenvalue weighted by molar-refractivity contribution is -0.131. The maximum atomic E-state index is 12.8. The van der Waals surface area contributed by atoms with Crippen LogP contribution in [-0.4, -0.2) is 57.1 Å². The zero-order valence-electron chi connectivity index (χ0n) is 13.3. The van der Waals surface area contributed by atoms with Crippen LogP contribution in [0, 0.1) is 0 Å². The van der Waals surface area contributed by atoms with Crippen molar-refractivity contribution in [2.75, 3.05) is 26.3 Å². The molecule has 0 N–H and O–H groups in total. The van der Waals surface area contributed by atoms with E-state index in [2.05, 4.69) is 14.5 Å². The van der Waals surface area contributed by atoms with E-state index in [1.807, 2.05) is 24.5 Å². The molecule has 1 amide bonds. The molecule has 1 aromatic heterocycles. The highest BCUT2D eigenvalue weighted by molar-refractivity contribution is 5.79. The number of carbonyl (C=O) groups is 1. The number of nitrogens with zero attached hydrogens (tertiary/aromatic N) is 4. The van der Waals surface area contributed by atoms with Gasteiger partial charge < -0.3 is 9.47 Å². The molecular weight excluding hydrogens is 283 g/mol. The summed E-state index contributed by atoms with van der Waals surface area (Å²) in [5.41, 5.74) is 1.11. The average molecular weight is 308 g/mol. The van der Waals surface area contributed by atoms with Gasteiger partial charge in [-0.25, -0.2) is 9.37 Å². The summed E-state index contributed by atoms with van der Waals surface area (Å²) in [6.07, 6.45) is 8.24. The molecule has 0 bridgehead atoms. The van der Waals surface area contributed by atoms with Gasteiger partial charge in [-0.15, -0.1) is 0 Å². The normalized spacial score (nSPS) is 26.8. The van der Waals surface area contributed by atoms with Crippen molar-refractivity contribution in [2.45, 2.75) is 44.2 Å². The van der Waals surface area contributed by atoms with Crippen LogP contribution in [0.5, 0.6) is 0 Å². The molecule has 3 rings (SSSR count). The van der Waals surface area contributed by atoms with E-state index in [9.17, 15) is 9.18 Å². The van der Waals surface area contributed by atoms with Crippen LogP contribution in [0.15, 0.2) is 12.5 Å². The van der Waals surface area contributed by atoms with E-state index in [0.717, 1.165) is 45.3 Å². The highest BCUT2D eigenvalue weighted by atomic mass is 19.1.